The van der Waals surface area contributed by atoms with E-state index in [0.717, 1.165) is 16.2 Å². The zero-order valence-electron chi connectivity index (χ0n) is 16.8. The first-order valence-electron chi connectivity index (χ1n) is 9.16. The van der Waals surface area contributed by atoms with Crippen LogP contribution in [0.3, 0.4) is 0 Å². The standard InChI is InChI=1S/C20H22N4O3S3/c1-14(2)28-20-23-22-19(29-20)21-18(25)16-11-7-8-12-17(16)24(30(3,26)27)13-15-9-5-4-6-10-15/h4-12,14H,13H2,1-3H3,(H,21,22,25). The molecule has 3 aromatic rings. The second-order valence-corrected chi connectivity index (χ2v) is 11.5. The van der Waals surface area contributed by atoms with E-state index < -0.39 is 15.9 Å². The summed E-state index contributed by atoms with van der Waals surface area (Å²) in [4.78, 5) is 12.9. The lowest BCUT2D eigenvalue weighted by Crippen LogP contribution is -2.31. The van der Waals surface area contributed by atoms with Gasteiger partial charge in [0.05, 0.1) is 24.1 Å². The van der Waals surface area contributed by atoms with Gasteiger partial charge in [-0.15, -0.1) is 10.2 Å². The van der Waals surface area contributed by atoms with Crippen molar-refractivity contribution in [3.8, 4) is 0 Å². The molecule has 0 bridgehead atoms. The number of hydrogen-bond donors (Lipinski definition) is 1. The molecule has 3 rings (SSSR count). The summed E-state index contributed by atoms with van der Waals surface area (Å²) in [5, 5.41) is 11.5. The number of nitrogens with one attached hydrogen (secondary N) is 1. The van der Waals surface area contributed by atoms with Crippen molar-refractivity contribution in [2.75, 3.05) is 15.9 Å². The Morgan fingerprint density at radius 2 is 1.77 bits per heavy atom. The van der Waals surface area contributed by atoms with Gasteiger partial charge in [0.2, 0.25) is 15.2 Å². The monoisotopic (exact) mass is 462 g/mol. The third kappa shape index (κ3) is 5.80. The molecular weight excluding hydrogens is 440 g/mol. The minimum absolute atomic E-state index is 0.123. The van der Waals surface area contributed by atoms with Crippen LogP contribution in [0, 0.1) is 0 Å². The Balaban J connectivity index is 1.89. The van der Waals surface area contributed by atoms with E-state index in [9.17, 15) is 13.2 Å². The molecule has 158 valence electrons. The Labute approximate surface area is 184 Å². The number of amides is 1. The van der Waals surface area contributed by atoms with Crippen LogP contribution in [0.4, 0.5) is 10.8 Å². The van der Waals surface area contributed by atoms with E-state index in [1.807, 2.05) is 44.2 Å². The highest BCUT2D eigenvalue weighted by Crippen LogP contribution is 2.30. The lowest BCUT2D eigenvalue weighted by atomic mass is 10.1. The van der Waals surface area contributed by atoms with Gasteiger partial charge in [0.1, 0.15) is 0 Å². The number of aromatic nitrogens is 2. The Bertz CT molecular complexity index is 1120. The van der Waals surface area contributed by atoms with E-state index in [1.165, 1.54) is 15.6 Å². The maximum atomic E-state index is 12.9. The highest BCUT2D eigenvalue weighted by atomic mass is 32.2. The van der Waals surface area contributed by atoms with Crippen LogP contribution < -0.4 is 9.62 Å². The van der Waals surface area contributed by atoms with Crippen molar-refractivity contribution in [2.45, 2.75) is 30.0 Å². The van der Waals surface area contributed by atoms with Gasteiger partial charge in [-0.25, -0.2) is 8.42 Å². The third-order valence-electron chi connectivity index (χ3n) is 3.95. The molecule has 0 saturated heterocycles. The Morgan fingerprint density at radius 3 is 2.43 bits per heavy atom. The van der Waals surface area contributed by atoms with Gasteiger partial charge < -0.3 is 0 Å². The molecular formula is C20H22N4O3S3. The van der Waals surface area contributed by atoms with Crippen LogP contribution in [0.15, 0.2) is 58.9 Å². The van der Waals surface area contributed by atoms with Crippen molar-refractivity contribution in [1.29, 1.82) is 0 Å². The van der Waals surface area contributed by atoms with Gasteiger partial charge in [-0.3, -0.25) is 14.4 Å². The number of anilines is 2. The number of benzene rings is 2. The second-order valence-electron chi connectivity index (χ2n) is 6.77. The molecule has 0 fully saturated rings. The molecule has 0 aliphatic heterocycles. The summed E-state index contributed by atoms with van der Waals surface area (Å²) in [6.07, 6.45) is 1.13. The van der Waals surface area contributed by atoms with Crippen LogP contribution in [-0.4, -0.2) is 36.0 Å². The van der Waals surface area contributed by atoms with E-state index >= 15 is 0 Å². The van der Waals surface area contributed by atoms with E-state index in [-0.39, 0.29) is 12.1 Å². The average molecular weight is 463 g/mol. The Kier molecular flexibility index (Phi) is 7.11. The van der Waals surface area contributed by atoms with Gasteiger partial charge in [-0.05, 0) is 17.7 Å². The molecule has 30 heavy (non-hydrogen) atoms. The quantitative estimate of drug-likeness (QED) is 0.397. The molecule has 0 spiro atoms. The Hall–Kier alpha value is -2.43. The highest BCUT2D eigenvalue weighted by Gasteiger charge is 2.24. The molecule has 0 radical (unpaired) electrons. The molecule has 7 nitrogen and oxygen atoms in total. The zero-order chi connectivity index (χ0) is 21.7. The van der Waals surface area contributed by atoms with Gasteiger partial charge in [0, 0.05) is 5.25 Å². The summed E-state index contributed by atoms with van der Waals surface area (Å²) in [6.45, 7) is 4.22. The zero-order valence-corrected chi connectivity index (χ0v) is 19.2. The van der Waals surface area contributed by atoms with Crippen molar-refractivity contribution < 1.29 is 13.2 Å². The molecule has 0 atom stereocenters. The van der Waals surface area contributed by atoms with Crippen molar-refractivity contribution in [3.05, 3.63) is 65.7 Å². The van der Waals surface area contributed by atoms with Gasteiger partial charge in [-0.1, -0.05) is 79.4 Å². The summed E-state index contributed by atoms with van der Waals surface area (Å²) in [5.41, 5.74) is 1.37. The maximum Gasteiger partial charge on any atom is 0.259 e. The first-order chi connectivity index (χ1) is 14.2. The van der Waals surface area contributed by atoms with Crippen LogP contribution in [0.5, 0.6) is 0 Å². The van der Waals surface area contributed by atoms with Crippen LogP contribution in [0.2, 0.25) is 0 Å². The summed E-state index contributed by atoms with van der Waals surface area (Å²) in [5.74, 6) is -0.440. The molecule has 2 aromatic carbocycles. The van der Waals surface area contributed by atoms with Crippen LogP contribution in [0.25, 0.3) is 0 Å². The molecule has 1 heterocycles. The highest BCUT2D eigenvalue weighted by molar-refractivity contribution is 8.01. The van der Waals surface area contributed by atoms with Gasteiger partial charge in [0.15, 0.2) is 4.34 Å². The molecule has 1 N–H and O–H groups in total. The normalized spacial score (nSPS) is 11.5. The minimum atomic E-state index is -3.63. The van der Waals surface area contributed by atoms with E-state index in [2.05, 4.69) is 15.5 Å². The van der Waals surface area contributed by atoms with Crippen LogP contribution >= 0.6 is 23.1 Å². The molecule has 0 unspecified atom stereocenters. The number of nitrogens with zero attached hydrogens (tertiary/aromatic N) is 3. The summed E-state index contributed by atoms with van der Waals surface area (Å²) in [6, 6.07) is 15.9. The third-order valence-corrected chi connectivity index (χ3v) is 7.00. The number of hydrogen-bond acceptors (Lipinski definition) is 7. The molecule has 0 saturated carbocycles. The van der Waals surface area contributed by atoms with E-state index in [4.69, 9.17) is 0 Å². The lowest BCUT2D eigenvalue weighted by molar-refractivity contribution is 0.102. The summed E-state index contributed by atoms with van der Waals surface area (Å²) < 4.78 is 27.1. The van der Waals surface area contributed by atoms with Crippen LogP contribution in [0.1, 0.15) is 29.8 Å². The number of rotatable bonds is 8. The Morgan fingerprint density at radius 1 is 1.10 bits per heavy atom. The van der Waals surface area contributed by atoms with Crippen molar-refractivity contribution in [2.24, 2.45) is 0 Å². The number of carbonyl (C=O) groups is 1. The fourth-order valence-electron chi connectivity index (χ4n) is 2.69. The smallest absolute Gasteiger partial charge is 0.259 e. The first-order valence-corrected chi connectivity index (χ1v) is 12.7. The molecule has 1 aromatic heterocycles. The summed E-state index contributed by atoms with van der Waals surface area (Å²) in [7, 11) is -3.63. The average Bonchev–Trinajstić information content (AvgIpc) is 3.12. The lowest BCUT2D eigenvalue weighted by Gasteiger charge is -2.24. The van der Waals surface area contributed by atoms with E-state index in [1.54, 1.807) is 36.0 Å². The summed E-state index contributed by atoms with van der Waals surface area (Å²) >= 11 is 2.84. The van der Waals surface area contributed by atoms with Crippen molar-refractivity contribution >= 4 is 49.8 Å². The van der Waals surface area contributed by atoms with Gasteiger partial charge in [0.25, 0.3) is 5.91 Å². The van der Waals surface area contributed by atoms with Gasteiger partial charge >= 0.3 is 0 Å². The van der Waals surface area contributed by atoms with E-state index in [0.29, 0.717) is 16.1 Å². The number of para-hydroxylation sites is 1. The molecule has 0 aliphatic rings. The van der Waals surface area contributed by atoms with Gasteiger partial charge in [-0.2, -0.15) is 0 Å². The molecule has 0 aliphatic carbocycles. The minimum Gasteiger partial charge on any atom is -0.296 e. The number of sulfonamides is 1. The topological polar surface area (TPSA) is 92.3 Å². The first kappa shape index (κ1) is 22.3. The predicted octanol–water partition coefficient (Wildman–Crippen LogP) is 4.26. The fraction of sp³-hybridized carbons (Fsp3) is 0.250. The molecule has 1 amide bonds. The largest absolute Gasteiger partial charge is 0.296 e. The van der Waals surface area contributed by atoms with Crippen molar-refractivity contribution in [1.82, 2.24) is 10.2 Å². The second kappa shape index (κ2) is 9.59. The molecule has 10 heteroatoms. The maximum absolute atomic E-state index is 12.9. The fourth-order valence-corrected chi connectivity index (χ4v) is 5.56. The number of thioether (sulfide) groups is 1. The predicted molar refractivity (Wildman–Crippen MR) is 123 cm³/mol. The number of carbonyl (C=O) groups excluding carboxylic acids is 1. The SMILES string of the molecule is CC(C)Sc1nnc(NC(=O)c2ccccc2N(Cc2ccccc2)S(C)(=O)=O)s1. The van der Waals surface area contributed by atoms with Crippen molar-refractivity contribution in [3.63, 3.8) is 0 Å². The van der Waals surface area contributed by atoms with Crippen LogP contribution in [-0.2, 0) is 16.6 Å².